The minimum atomic E-state index is -1.43. The van der Waals surface area contributed by atoms with Crippen molar-refractivity contribution in [2.45, 2.75) is 12.5 Å². The van der Waals surface area contributed by atoms with Crippen LogP contribution in [0.15, 0.2) is 42.5 Å². The van der Waals surface area contributed by atoms with Gasteiger partial charge in [0.05, 0.1) is 22.7 Å². The molecule has 0 fully saturated rings. The molecule has 0 spiro atoms. The molecule has 1 atom stereocenters. The van der Waals surface area contributed by atoms with E-state index in [0.717, 1.165) is 0 Å². The number of aromatic hydroxyl groups is 1. The van der Waals surface area contributed by atoms with Gasteiger partial charge in [0, 0.05) is 5.02 Å². The van der Waals surface area contributed by atoms with Gasteiger partial charge in [-0.15, -0.1) is 0 Å². The van der Waals surface area contributed by atoms with Crippen LogP contribution in [0.1, 0.15) is 5.56 Å². The van der Waals surface area contributed by atoms with Gasteiger partial charge in [0.25, 0.3) is 0 Å². The third-order valence-electron chi connectivity index (χ3n) is 3.15. The van der Waals surface area contributed by atoms with Crippen LogP contribution >= 0.6 is 23.2 Å². The number of benzene rings is 2. The quantitative estimate of drug-likeness (QED) is 0.753. The Bertz CT molecular complexity index is 750. The molecule has 0 unspecified atom stereocenters. The zero-order valence-corrected chi connectivity index (χ0v) is 13.8. The van der Waals surface area contributed by atoms with E-state index < -0.39 is 18.0 Å². The minimum Gasteiger partial charge on any atom is -0.548 e. The molecular weight excluding hydrogens is 355 g/mol. The Hall–Kier alpha value is -2.44. The van der Waals surface area contributed by atoms with E-state index in [1.807, 2.05) is 0 Å². The first kappa shape index (κ1) is 17.9. The number of anilines is 1. The molecule has 0 aromatic heterocycles. The number of carbonyl (C=O) groups is 2. The lowest BCUT2D eigenvalue weighted by Gasteiger charge is -2.20. The molecule has 0 saturated carbocycles. The highest BCUT2D eigenvalue weighted by Crippen LogP contribution is 2.25. The van der Waals surface area contributed by atoms with E-state index in [2.05, 4.69) is 10.6 Å². The number of hydrogen-bond acceptors (Lipinski definition) is 4. The minimum absolute atomic E-state index is 0.00435. The summed E-state index contributed by atoms with van der Waals surface area (Å²) in [6.45, 7) is 0. The van der Waals surface area contributed by atoms with E-state index >= 15 is 0 Å². The SMILES string of the molecule is O=C(Nc1ccc(Cl)cc1Cl)N[C@@H](Cc1ccc(O)cc1)C(=O)[O-]. The van der Waals surface area contributed by atoms with Gasteiger partial charge in [-0.2, -0.15) is 0 Å². The Morgan fingerprint density at radius 2 is 1.79 bits per heavy atom. The Morgan fingerprint density at radius 1 is 1.12 bits per heavy atom. The summed E-state index contributed by atoms with van der Waals surface area (Å²) in [5.41, 5.74) is 0.909. The summed E-state index contributed by atoms with van der Waals surface area (Å²) in [6, 6.07) is 8.46. The van der Waals surface area contributed by atoms with Crippen LogP contribution in [0.5, 0.6) is 5.75 Å². The largest absolute Gasteiger partial charge is 0.548 e. The third kappa shape index (κ3) is 5.04. The topological polar surface area (TPSA) is 101 Å². The van der Waals surface area contributed by atoms with E-state index in [1.54, 1.807) is 12.1 Å². The third-order valence-corrected chi connectivity index (χ3v) is 3.69. The maximum Gasteiger partial charge on any atom is 0.319 e. The summed E-state index contributed by atoms with van der Waals surface area (Å²) in [4.78, 5) is 23.2. The summed E-state index contributed by atoms with van der Waals surface area (Å²) >= 11 is 11.7. The van der Waals surface area contributed by atoms with Gasteiger partial charge in [0.15, 0.2) is 0 Å². The second-order valence-corrected chi connectivity index (χ2v) is 5.81. The number of carboxylic acid groups (broad SMARTS) is 1. The first-order valence-corrected chi connectivity index (χ1v) is 7.62. The van der Waals surface area contributed by atoms with E-state index in [4.69, 9.17) is 23.2 Å². The summed E-state index contributed by atoms with van der Waals surface area (Å²) < 4.78 is 0. The second-order valence-electron chi connectivity index (χ2n) is 4.96. The molecule has 126 valence electrons. The van der Waals surface area contributed by atoms with Crippen molar-refractivity contribution in [3.8, 4) is 5.75 Å². The number of carboxylic acids is 1. The van der Waals surface area contributed by atoms with Gasteiger partial charge < -0.3 is 25.6 Å². The number of hydrogen-bond donors (Lipinski definition) is 3. The van der Waals surface area contributed by atoms with Crippen molar-refractivity contribution in [1.29, 1.82) is 0 Å². The molecule has 0 radical (unpaired) electrons. The Labute approximate surface area is 148 Å². The van der Waals surface area contributed by atoms with Crippen LogP contribution in [0.2, 0.25) is 10.0 Å². The molecule has 0 aliphatic rings. The van der Waals surface area contributed by atoms with Crippen LogP contribution in [0.4, 0.5) is 10.5 Å². The Kier molecular flexibility index (Phi) is 5.89. The zero-order valence-electron chi connectivity index (χ0n) is 12.3. The highest BCUT2D eigenvalue weighted by Gasteiger charge is 2.15. The van der Waals surface area contributed by atoms with Crippen LogP contribution in [0.25, 0.3) is 0 Å². The lowest BCUT2D eigenvalue weighted by atomic mass is 10.1. The maximum atomic E-state index is 12.0. The van der Waals surface area contributed by atoms with Gasteiger partial charge in [-0.3, -0.25) is 0 Å². The number of nitrogens with one attached hydrogen (secondary N) is 2. The lowest BCUT2D eigenvalue weighted by molar-refractivity contribution is -0.308. The molecule has 3 N–H and O–H groups in total. The van der Waals surface area contributed by atoms with Crippen LogP contribution in [-0.2, 0) is 11.2 Å². The lowest BCUT2D eigenvalue weighted by Crippen LogP contribution is -2.50. The highest BCUT2D eigenvalue weighted by atomic mass is 35.5. The van der Waals surface area contributed by atoms with Crippen molar-refractivity contribution in [2.24, 2.45) is 0 Å². The fourth-order valence-corrected chi connectivity index (χ4v) is 2.42. The molecule has 6 nitrogen and oxygen atoms in total. The molecule has 0 heterocycles. The van der Waals surface area contributed by atoms with Crippen LogP contribution < -0.4 is 15.7 Å². The van der Waals surface area contributed by atoms with Crippen LogP contribution in [0.3, 0.4) is 0 Å². The molecule has 2 rings (SSSR count). The fraction of sp³-hybridized carbons (Fsp3) is 0.125. The number of urea groups is 1. The first-order valence-electron chi connectivity index (χ1n) is 6.86. The fourth-order valence-electron chi connectivity index (χ4n) is 1.97. The average molecular weight is 368 g/mol. The van der Waals surface area contributed by atoms with Gasteiger partial charge in [-0.25, -0.2) is 4.79 Å². The van der Waals surface area contributed by atoms with Crippen LogP contribution in [-0.4, -0.2) is 23.1 Å². The first-order chi connectivity index (χ1) is 11.3. The number of amides is 2. The molecule has 0 aliphatic heterocycles. The van der Waals surface area contributed by atoms with Crippen molar-refractivity contribution in [1.82, 2.24) is 5.32 Å². The molecular formula is C16H13Cl2N2O4-. The smallest absolute Gasteiger partial charge is 0.319 e. The van der Waals surface area contributed by atoms with E-state index in [1.165, 1.54) is 30.3 Å². The highest BCUT2D eigenvalue weighted by molar-refractivity contribution is 6.36. The Morgan fingerprint density at radius 3 is 2.38 bits per heavy atom. The summed E-state index contributed by atoms with van der Waals surface area (Å²) in [6.07, 6.45) is 0.00435. The van der Waals surface area contributed by atoms with Gasteiger partial charge >= 0.3 is 6.03 Å². The molecule has 2 aromatic carbocycles. The molecule has 0 bridgehead atoms. The van der Waals surface area contributed by atoms with Gasteiger partial charge in [-0.1, -0.05) is 35.3 Å². The molecule has 2 amide bonds. The second kappa shape index (κ2) is 7.90. The van der Waals surface area contributed by atoms with Crippen molar-refractivity contribution in [3.05, 3.63) is 58.1 Å². The van der Waals surface area contributed by atoms with Crippen molar-refractivity contribution >= 4 is 40.9 Å². The standard InChI is InChI=1S/C16H14Cl2N2O4/c17-10-3-6-13(12(18)8-10)19-16(24)20-14(15(22)23)7-9-1-4-11(21)5-2-9/h1-6,8,14,21H,7H2,(H,22,23)(H2,19,20,24)/p-1/t14-/m0/s1. The number of phenolic OH excluding ortho intramolecular Hbond substituents is 1. The van der Waals surface area contributed by atoms with E-state index in [0.29, 0.717) is 16.3 Å². The normalized spacial score (nSPS) is 11.6. The molecule has 2 aromatic rings. The average Bonchev–Trinajstić information content (AvgIpc) is 2.51. The van der Waals surface area contributed by atoms with Crippen molar-refractivity contribution in [2.75, 3.05) is 5.32 Å². The predicted octanol–water partition coefficient (Wildman–Crippen LogP) is 2.18. The van der Waals surface area contributed by atoms with E-state index in [-0.39, 0.29) is 17.2 Å². The summed E-state index contributed by atoms with van der Waals surface area (Å²) in [5, 5.41) is 25.8. The maximum absolute atomic E-state index is 12.0. The molecule has 24 heavy (non-hydrogen) atoms. The number of carbonyl (C=O) groups excluding carboxylic acids is 2. The molecule has 0 aliphatic carbocycles. The van der Waals surface area contributed by atoms with Crippen molar-refractivity contribution in [3.63, 3.8) is 0 Å². The number of halogens is 2. The monoisotopic (exact) mass is 367 g/mol. The van der Waals surface area contributed by atoms with Crippen molar-refractivity contribution < 1.29 is 19.8 Å². The predicted molar refractivity (Wildman–Crippen MR) is 89.2 cm³/mol. The number of aliphatic carboxylic acids is 1. The van der Waals surface area contributed by atoms with Gasteiger partial charge in [-0.05, 0) is 42.3 Å². The van der Waals surface area contributed by atoms with Crippen LogP contribution in [0, 0.1) is 0 Å². The zero-order chi connectivity index (χ0) is 17.7. The number of phenols is 1. The van der Waals surface area contributed by atoms with Gasteiger partial charge in [0.1, 0.15) is 5.75 Å². The van der Waals surface area contributed by atoms with E-state index in [9.17, 15) is 19.8 Å². The molecule has 0 saturated heterocycles. The summed E-state index contributed by atoms with van der Waals surface area (Å²) in [5.74, 6) is -1.37. The number of rotatable bonds is 5. The molecule has 8 heteroatoms. The summed E-state index contributed by atoms with van der Waals surface area (Å²) in [7, 11) is 0. The Balaban J connectivity index is 2.02. The van der Waals surface area contributed by atoms with Gasteiger partial charge in [0.2, 0.25) is 0 Å².